The van der Waals surface area contributed by atoms with E-state index < -0.39 is 4.92 Å². The number of halogens is 1. The molecule has 25 heavy (non-hydrogen) atoms. The minimum Gasteiger partial charge on any atom is -0.455 e. The maximum absolute atomic E-state index is 11.7. The van der Waals surface area contributed by atoms with Crippen molar-refractivity contribution in [1.29, 1.82) is 0 Å². The monoisotopic (exact) mass is 402 g/mol. The van der Waals surface area contributed by atoms with Crippen molar-refractivity contribution in [2.75, 3.05) is 0 Å². The van der Waals surface area contributed by atoms with Gasteiger partial charge in [0, 0.05) is 28.4 Å². The van der Waals surface area contributed by atoms with E-state index in [1.807, 2.05) is 0 Å². The lowest BCUT2D eigenvalue weighted by molar-refractivity contribution is -0.384. The third-order valence-electron chi connectivity index (χ3n) is 3.26. The molecule has 0 aliphatic heterocycles. The number of hydrazone groups is 1. The Hall–Kier alpha value is -3.20. The number of carbonyl (C=O) groups excluding carboxylic acids is 1. The van der Waals surface area contributed by atoms with Crippen molar-refractivity contribution in [3.05, 3.63) is 74.7 Å². The standard InChI is InChI=1S/C16H11BrN4O4/c17-13-8-10(21(23)24)3-5-12(13)15-6-4-11(25-15)9-19-20-16(22)14-2-1-7-18-14/h1-9,18H,(H,20,22)/b19-9-. The van der Waals surface area contributed by atoms with Gasteiger partial charge in [-0.3, -0.25) is 14.9 Å². The number of nitrogens with zero attached hydrogens (tertiary/aromatic N) is 2. The number of amides is 1. The molecule has 2 heterocycles. The molecule has 126 valence electrons. The quantitative estimate of drug-likeness (QED) is 0.384. The van der Waals surface area contributed by atoms with Gasteiger partial charge in [-0.05, 0) is 46.3 Å². The number of furan rings is 1. The van der Waals surface area contributed by atoms with Gasteiger partial charge in [-0.1, -0.05) is 0 Å². The van der Waals surface area contributed by atoms with E-state index in [9.17, 15) is 14.9 Å². The Morgan fingerprint density at radius 1 is 1.32 bits per heavy atom. The van der Waals surface area contributed by atoms with Gasteiger partial charge in [0.2, 0.25) is 0 Å². The Labute approximate surface area is 149 Å². The number of aromatic nitrogens is 1. The van der Waals surface area contributed by atoms with Crippen LogP contribution in [-0.2, 0) is 0 Å². The van der Waals surface area contributed by atoms with E-state index in [1.54, 1.807) is 36.5 Å². The molecule has 0 radical (unpaired) electrons. The molecule has 9 heteroatoms. The molecule has 3 aromatic rings. The van der Waals surface area contributed by atoms with Crippen LogP contribution in [0.15, 0.2) is 62.7 Å². The number of nitrogens with one attached hydrogen (secondary N) is 2. The van der Waals surface area contributed by atoms with E-state index in [2.05, 4.69) is 31.4 Å². The third-order valence-corrected chi connectivity index (χ3v) is 3.91. The minimum atomic E-state index is -0.471. The largest absolute Gasteiger partial charge is 0.455 e. The first-order valence-corrected chi connectivity index (χ1v) is 7.85. The summed E-state index contributed by atoms with van der Waals surface area (Å²) in [5.74, 6) is 0.567. The summed E-state index contributed by atoms with van der Waals surface area (Å²) < 4.78 is 6.16. The number of nitro groups is 1. The van der Waals surface area contributed by atoms with Crippen LogP contribution in [0, 0.1) is 10.1 Å². The number of non-ortho nitro benzene ring substituents is 1. The highest BCUT2D eigenvalue weighted by molar-refractivity contribution is 9.10. The topological polar surface area (TPSA) is 114 Å². The van der Waals surface area contributed by atoms with E-state index in [-0.39, 0.29) is 11.6 Å². The highest BCUT2D eigenvalue weighted by atomic mass is 79.9. The van der Waals surface area contributed by atoms with Crippen LogP contribution in [0.1, 0.15) is 16.2 Å². The normalized spacial score (nSPS) is 10.9. The summed E-state index contributed by atoms with van der Waals surface area (Å²) in [6.45, 7) is 0. The number of nitro benzene ring substituents is 1. The third kappa shape index (κ3) is 3.83. The number of rotatable bonds is 5. The van der Waals surface area contributed by atoms with Crippen LogP contribution >= 0.6 is 15.9 Å². The van der Waals surface area contributed by atoms with Crippen molar-refractivity contribution in [2.24, 2.45) is 5.10 Å². The maximum atomic E-state index is 11.7. The van der Waals surface area contributed by atoms with Gasteiger partial charge in [-0.15, -0.1) is 0 Å². The minimum absolute atomic E-state index is 0.0176. The molecule has 0 bridgehead atoms. The fourth-order valence-corrected chi connectivity index (χ4v) is 2.63. The second-order valence-corrected chi connectivity index (χ2v) is 5.76. The van der Waals surface area contributed by atoms with Crippen molar-refractivity contribution in [2.45, 2.75) is 0 Å². The van der Waals surface area contributed by atoms with Gasteiger partial charge in [0.05, 0.1) is 11.1 Å². The van der Waals surface area contributed by atoms with Crippen molar-refractivity contribution in [3.63, 3.8) is 0 Å². The fourth-order valence-electron chi connectivity index (χ4n) is 2.07. The molecular formula is C16H11BrN4O4. The van der Waals surface area contributed by atoms with E-state index in [1.165, 1.54) is 18.3 Å². The van der Waals surface area contributed by atoms with Crippen LogP contribution in [0.4, 0.5) is 5.69 Å². The van der Waals surface area contributed by atoms with Crippen molar-refractivity contribution in [3.8, 4) is 11.3 Å². The summed E-state index contributed by atoms with van der Waals surface area (Å²) in [5.41, 5.74) is 3.41. The highest BCUT2D eigenvalue weighted by Gasteiger charge is 2.13. The fraction of sp³-hybridized carbons (Fsp3) is 0. The van der Waals surface area contributed by atoms with Crippen LogP contribution in [0.3, 0.4) is 0 Å². The molecular weight excluding hydrogens is 392 g/mol. The maximum Gasteiger partial charge on any atom is 0.287 e. The molecule has 2 aromatic heterocycles. The molecule has 0 aliphatic rings. The number of hydrogen-bond acceptors (Lipinski definition) is 5. The van der Waals surface area contributed by atoms with Crippen molar-refractivity contribution in [1.82, 2.24) is 10.4 Å². The van der Waals surface area contributed by atoms with Crippen molar-refractivity contribution < 1.29 is 14.1 Å². The average Bonchev–Trinajstić information content (AvgIpc) is 3.26. The molecule has 0 saturated heterocycles. The van der Waals surface area contributed by atoms with Gasteiger partial charge in [-0.25, -0.2) is 5.43 Å². The Bertz CT molecular complexity index is 947. The van der Waals surface area contributed by atoms with Gasteiger partial charge in [0.25, 0.3) is 11.6 Å². The molecule has 2 N–H and O–H groups in total. The summed E-state index contributed by atoms with van der Waals surface area (Å²) >= 11 is 3.30. The van der Waals surface area contributed by atoms with E-state index in [0.29, 0.717) is 27.3 Å². The molecule has 1 aromatic carbocycles. The second-order valence-electron chi connectivity index (χ2n) is 4.91. The number of hydrogen-bond donors (Lipinski definition) is 2. The Kier molecular flexibility index (Phi) is 4.75. The van der Waals surface area contributed by atoms with Crippen LogP contribution in [0.2, 0.25) is 0 Å². The summed E-state index contributed by atoms with van der Waals surface area (Å²) in [5, 5.41) is 14.6. The molecule has 3 rings (SSSR count). The molecule has 0 aliphatic carbocycles. The van der Waals surface area contributed by atoms with Gasteiger partial charge >= 0.3 is 0 Å². The van der Waals surface area contributed by atoms with Crippen molar-refractivity contribution >= 4 is 33.7 Å². The number of carbonyl (C=O) groups is 1. The highest BCUT2D eigenvalue weighted by Crippen LogP contribution is 2.32. The van der Waals surface area contributed by atoms with Crippen LogP contribution in [-0.4, -0.2) is 22.0 Å². The summed E-state index contributed by atoms with van der Waals surface area (Å²) in [4.78, 5) is 24.8. The number of H-pyrrole nitrogens is 1. The lowest BCUT2D eigenvalue weighted by Crippen LogP contribution is -2.17. The summed E-state index contributed by atoms with van der Waals surface area (Å²) in [6.07, 6.45) is 3.00. The zero-order valence-electron chi connectivity index (χ0n) is 12.6. The SMILES string of the molecule is O=C(N/N=C\c1ccc(-c2ccc([N+](=O)[O-])cc2Br)o1)c1ccc[nH]1. The zero-order chi connectivity index (χ0) is 17.8. The summed E-state index contributed by atoms with van der Waals surface area (Å²) in [6, 6.07) is 11.1. The van der Waals surface area contributed by atoms with E-state index in [4.69, 9.17) is 4.42 Å². The molecule has 8 nitrogen and oxygen atoms in total. The predicted molar refractivity (Wildman–Crippen MR) is 94.4 cm³/mol. The van der Waals surface area contributed by atoms with Gasteiger partial charge < -0.3 is 9.40 Å². The lowest BCUT2D eigenvalue weighted by Gasteiger charge is -2.00. The van der Waals surface area contributed by atoms with Crippen LogP contribution < -0.4 is 5.43 Å². The molecule has 0 unspecified atom stereocenters. The van der Waals surface area contributed by atoms with Crippen LogP contribution in [0.25, 0.3) is 11.3 Å². The van der Waals surface area contributed by atoms with Gasteiger partial charge in [0.15, 0.2) is 0 Å². The van der Waals surface area contributed by atoms with Gasteiger partial charge in [0.1, 0.15) is 17.2 Å². The van der Waals surface area contributed by atoms with Gasteiger partial charge in [-0.2, -0.15) is 5.10 Å². The Morgan fingerprint density at radius 2 is 2.16 bits per heavy atom. The second kappa shape index (κ2) is 7.14. The Balaban J connectivity index is 1.71. The smallest absolute Gasteiger partial charge is 0.287 e. The lowest BCUT2D eigenvalue weighted by atomic mass is 10.1. The average molecular weight is 403 g/mol. The summed E-state index contributed by atoms with van der Waals surface area (Å²) in [7, 11) is 0. The number of benzene rings is 1. The van der Waals surface area contributed by atoms with Crippen LogP contribution in [0.5, 0.6) is 0 Å². The van der Waals surface area contributed by atoms with E-state index >= 15 is 0 Å². The predicted octanol–water partition coefficient (Wildman–Crippen LogP) is 3.71. The molecule has 0 atom stereocenters. The first-order chi connectivity index (χ1) is 12.0. The van der Waals surface area contributed by atoms with E-state index in [0.717, 1.165) is 0 Å². The number of aromatic amines is 1. The zero-order valence-corrected chi connectivity index (χ0v) is 14.2. The molecule has 0 saturated carbocycles. The first-order valence-electron chi connectivity index (χ1n) is 7.05. The first kappa shape index (κ1) is 16.7. The molecule has 0 fully saturated rings. The molecule has 0 spiro atoms. The Morgan fingerprint density at radius 3 is 2.84 bits per heavy atom. The molecule has 1 amide bonds.